The highest BCUT2D eigenvalue weighted by Crippen LogP contribution is 2.33. The molecule has 4 fully saturated rings. The van der Waals surface area contributed by atoms with Crippen LogP contribution in [0.5, 0.6) is 0 Å². The van der Waals surface area contributed by atoms with Crippen molar-refractivity contribution in [3.05, 3.63) is 35.9 Å². The first kappa shape index (κ1) is 22.6. The lowest BCUT2D eigenvalue weighted by Gasteiger charge is -2.25. The number of fused-ring (bicyclic) bond motifs is 1. The topological polar surface area (TPSA) is 80.3 Å². The van der Waals surface area contributed by atoms with E-state index < -0.39 is 0 Å². The predicted molar refractivity (Wildman–Crippen MR) is 122 cm³/mol. The zero-order valence-electron chi connectivity index (χ0n) is 19.2. The molecule has 4 saturated heterocycles. The van der Waals surface area contributed by atoms with Crippen LogP contribution in [0, 0.1) is 17.8 Å². The molecule has 4 unspecified atom stereocenters. The zero-order valence-corrected chi connectivity index (χ0v) is 19.2. The molecule has 0 saturated carbocycles. The normalized spacial score (nSPS) is 30.4. The SMILES string of the molecule is O=C(NC(CCN1CC2CN(C(=O)[C@H]3CCOC3)CC2C1)c1ccccc1)OC1CCOC1. The molecule has 8 heteroatoms. The summed E-state index contributed by atoms with van der Waals surface area (Å²) in [6, 6.07) is 10.0. The lowest BCUT2D eigenvalue weighted by Crippen LogP contribution is -2.38. The number of nitrogens with zero attached hydrogens (tertiary/aromatic N) is 2. The van der Waals surface area contributed by atoms with Gasteiger partial charge < -0.3 is 29.3 Å². The van der Waals surface area contributed by atoms with Gasteiger partial charge in [-0.3, -0.25) is 4.79 Å². The van der Waals surface area contributed by atoms with Crippen molar-refractivity contribution in [2.24, 2.45) is 17.8 Å². The molecule has 0 spiro atoms. The fourth-order valence-corrected chi connectivity index (χ4v) is 5.69. The van der Waals surface area contributed by atoms with Crippen molar-refractivity contribution < 1.29 is 23.8 Å². The van der Waals surface area contributed by atoms with Crippen LogP contribution in [-0.4, -0.2) is 87.1 Å². The Morgan fingerprint density at radius 3 is 2.39 bits per heavy atom. The molecule has 5 rings (SSSR count). The molecule has 4 heterocycles. The van der Waals surface area contributed by atoms with E-state index in [-0.39, 0.29) is 30.1 Å². The summed E-state index contributed by atoms with van der Waals surface area (Å²) in [6.45, 7) is 7.09. The van der Waals surface area contributed by atoms with E-state index in [4.69, 9.17) is 14.2 Å². The third kappa shape index (κ3) is 5.50. The smallest absolute Gasteiger partial charge is 0.407 e. The zero-order chi connectivity index (χ0) is 22.6. The summed E-state index contributed by atoms with van der Waals surface area (Å²) in [6.07, 6.45) is 1.92. The van der Waals surface area contributed by atoms with Crippen LogP contribution in [0.4, 0.5) is 4.79 Å². The Hall–Kier alpha value is -2.16. The van der Waals surface area contributed by atoms with Crippen molar-refractivity contribution in [2.75, 3.05) is 59.2 Å². The van der Waals surface area contributed by atoms with Gasteiger partial charge in [0, 0.05) is 45.8 Å². The molecular weight excluding hydrogens is 422 g/mol. The van der Waals surface area contributed by atoms with Gasteiger partial charge in [0.15, 0.2) is 0 Å². The van der Waals surface area contributed by atoms with E-state index in [9.17, 15) is 9.59 Å². The number of carbonyl (C=O) groups excluding carboxylic acids is 2. The van der Waals surface area contributed by atoms with Gasteiger partial charge in [-0.15, -0.1) is 0 Å². The average Bonchev–Trinajstić information content (AvgIpc) is 3.62. The Balaban J connectivity index is 1.12. The minimum absolute atomic E-state index is 0.0631. The fourth-order valence-electron chi connectivity index (χ4n) is 5.69. The van der Waals surface area contributed by atoms with Gasteiger partial charge in [0.25, 0.3) is 0 Å². The van der Waals surface area contributed by atoms with Crippen LogP contribution in [0.2, 0.25) is 0 Å². The number of alkyl carbamates (subject to hydrolysis) is 1. The van der Waals surface area contributed by atoms with Crippen LogP contribution >= 0.6 is 0 Å². The van der Waals surface area contributed by atoms with Gasteiger partial charge in [-0.2, -0.15) is 0 Å². The molecule has 0 aliphatic carbocycles. The number of amides is 2. The Bertz CT molecular complexity index is 796. The van der Waals surface area contributed by atoms with Crippen LogP contribution in [0.25, 0.3) is 0 Å². The Kier molecular flexibility index (Phi) is 7.13. The summed E-state index contributed by atoms with van der Waals surface area (Å²) in [7, 11) is 0. The van der Waals surface area contributed by atoms with Crippen molar-refractivity contribution in [1.29, 1.82) is 0 Å². The molecule has 180 valence electrons. The van der Waals surface area contributed by atoms with Crippen molar-refractivity contribution in [1.82, 2.24) is 15.1 Å². The summed E-state index contributed by atoms with van der Waals surface area (Å²) in [5.74, 6) is 1.44. The molecule has 1 aromatic carbocycles. The number of nitrogens with one attached hydrogen (secondary N) is 1. The van der Waals surface area contributed by atoms with Crippen LogP contribution < -0.4 is 5.32 Å². The Labute approximate surface area is 195 Å². The van der Waals surface area contributed by atoms with E-state index in [1.54, 1.807) is 0 Å². The number of carbonyl (C=O) groups is 2. The van der Waals surface area contributed by atoms with E-state index in [0.29, 0.717) is 38.3 Å². The maximum atomic E-state index is 12.7. The molecule has 5 atom stereocenters. The Morgan fingerprint density at radius 2 is 1.73 bits per heavy atom. The predicted octanol–water partition coefficient (Wildman–Crippen LogP) is 2.06. The summed E-state index contributed by atoms with van der Waals surface area (Å²) in [5, 5.41) is 3.08. The molecule has 4 aliphatic heterocycles. The molecule has 33 heavy (non-hydrogen) atoms. The minimum Gasteiger partial charge on any atom is -0.444 e. The van der Waals surface area contributed by atoms with Gasteiger partial charge in [0.2, 0.25) is 5.91 Å². The first-order valence-corrected chi connectivity index (χ1v) is 12.3. The third-order valence-electron chi connectivity index (χ3n) is 7.54. The average molecular weight is 458 g/mol. The summed E-state index contributed by atoms with van der Waals surface area (Å²) in [5.41, 5.74) is 1.09. The van der Waals surface area contributed by atoms with Gasteiger partial charge in [-0.05, 0) is 30.2 Å². The highest BCUT2D eigenvalue weighted by Gasteiger charge is 2.43. The highest BCUT2D eigenvalue weighted by atomic mass is 16.6. The van der Waals surface area contributed by atoms with Crippen molar-refractivity contribution in [2.45, 2.75) is 31.4 Å². The van der Waals surface area contributed by atoms with E-state index in [1.165, 1.54) is 0 Å². The van der Waals surface area contributed by atoms with E-state index >= 15 is 0 Å². The number of ether oxygens (including phenoxy) is 3. The van der Waals surface area contributed by atoms with Gasteiger partial charge in [-0.25, -0.2) is 4.79 Å². The lowest BCUT2D eigenvalue weighted by molar-refractivity contribution is -0.134. The quantitative estimate of drug-likeness (QED) is 0.675. The third-order valence-corrected chi connectivity index (χ3v) is 7.54. The largest absolute Gasteiger partial charge is 0.444 e. The van der Waals surface area contributed by atoms with Crippen LogP contribution in [-0.2, 0) is 19.0 Å². The second kappa shape index (κ2) is 10.4. The van der Waals surface area contributed by atoms with Crippen LogP contribution in [0.3, 0.4) is 0 Å². The molecular formula is C25H35N3O5. The Morgan fingerprint density at radius 1 is 1.00 bits per heavy atom. The number of likely N-dealkylation sites (tertiary alicyclic amines) is 2. The van der Waals surface area contributed by atoms with Gasteiger partial charge in [0.05, 0.1) is 31.8 Å². The van der Waals surface area contributed by atoms with Crippen molar-refractivity contribution in [3.8, 4) is 0 Å². The van der Waals surface area contributed by atoms with Gasteiger partial charge >= 0.3 is 6.09 Å². The fraction of sp³-hybridized carbons (Fsp3) is 0.680. The monoisotopic (exact) mass is 457 g/mol. The molecule has 0 bridgehead atoms. The molecule has 4 aliphatic rings. The van der Waals surface area contributed by atoms with Gasteiger partial charge in [0.1, 0.15) is 6.10 Å². The van der Waals surface area contributed by atoms with E-state index in [0.717, 1.165) is 57.5 Å². The summed E-state index contributed by atoms with van der Waals surface area (Å²) >= 11 is 0. The first-order chi connectivity index (χ1) is 16.2. The second-order valence-electron chi connectivity index (χ2n) is 9.87. The molecule has 0 aromatic heterocycles. The summed E-state index contributed by atoms with van der Waals surface area (Å²) in [4.78, 5) is 29.8. The number of benzene rings is 1. The number of hydrogen-bond donors (Lipinski definition) is 1. The lowest BCUT2D eigenvalue weighted by atomic mass is 10.0. The number of hydrogen-bond acceptors (Lipinski definition) is 6. The van der Waals surface area contributed by atoms with Crippen LogP contribution in [0.1, 0.15) is 30.9 Å². The molecule has 8 nitrogen and oxygen atoms in total. The summed E-state index contributed by atoms with van der Waals surface area (Å²) < 4.78 is 16.2. The number of rotatable bonds is 7. The maximum Gasteiger partial charge on any atom is 0.407 e. The maximum absolute atomic E-state index is 12.7. The van der Waals surface area contributed by atoms with E-state index in [1.807, 2.05) is 18.2 Å². The second-order valence-corrected chi connectivity index (χ2v) is 9.87. The van der Waals surface area contributed by atoms with E-state index in [2.05, 4.69) is 27.2 Å². The first-order valence-electron chi connectivity index (χ1n) is 12.3. The molecule has 0 radical (unpaired) electrons. The van der Waals surface area contributed by atoms with Gasteiger partial charge in [-0.1, -0.05) is 30.3 Å². The van der Waals surface area contributed by atoms with Crippen LogP contribution in [0.15, 0.2) is 30.3 Å². The minimum atomic E-state index is -0.373. The van der Waals surface area contributed by atoms with Crippen molar-refractivity contribution >= 4 is 12.0 Å². The molecule has 1 N–H and O–H groups in total. The van der Waals surface area contributed by atoms with Crippen molar-refractivity contribution in [3.63, 3.8) is 0 Å². The standard InChI is InChI=1S/C25H35N3O5/c29-24(19-7-10-31-16-19)28-14-20-12-27(13-21(20)15-28)9-6-23(18-4-2-1-3-5-18)26-25(30)33-22-8-11-32-17-22/h1-5,19-23H,6-17H2,(H,26,30)/t19-,20?,21?,22?,23?/m0/s1. The molecule has 1 aromatic rings. The highest BCUT2D eigenvalue weighted by molar-refractivity contribution is 5.79. The molecule has 2 amide bonds.